The summed E-state index contributed by atoms with van der Waals surface area (Å²) in [7, 11) is 0. The minimum absolute atomic E-state index is 0.721. The molecule has 2 fully saturated rings. The summed E-state index contributed by atoms with van der Waals surface area (Å²) in [6, 6.07) is 0.721. The highest BCUT2D eigenvalue weighted by atomic mass is 32.2. The fraction of sp³-hybridized carbons (Fsp3) is 0.769. The molecule has 0 amide bonds. The minimum Gasteiger partial charge on any atom is -0.362 e. The van der Waals surface area contributed by atoms with Gasteiger partial charge < -0.3 is 5.32 Å². The lowest BCUT2D eigenvalue weighted by Gasteiger charge is -2.32. The number of allylic oxidation sites excluding steroid dienone is 2. The molecule has 2 nitrogen and oxygen atoms in total. The lowest BCUT2D eigenvalue weighted by atomic mass is 9.79. The van der Waals surface area contributed by atoms with E-state index in [0.717, 1.165) is 36.3 Å². The van der Waals surface area contributed by atoms with Crippen LogP contribution in [0.3, 0.4) is 0 Å². The molecule has 0 spiro atoms. The second kappa shape index (κ2) is 3.52. The molecule has 1 aliphatic heterocycles. The molecule has 3 aliphatic carbocycles. The summed E-state index contributed by atoms with van der Waals surface area (Å²) in [5.74, 6) is 4.96. The van der Waals surface area contributed by atoms with Crippen LogP contribution in [-0.4, -0.2) is 23.5 Å². The van der Waals surface area contributed by atoms with Gasteiger partial charge in [0.2, 0.25) is 0 Å². The van der Waals surface area contributed by atoms with E-state index in [4.69, 9.17) is 0 Å². The van der Waals surface area contributed by atoms with E-state index in [2.05, 4.69) is 22.5 Å². The number of nitrogens with zero attached hydrogens (tertiary/aromatic N) is 1. The van der Waals surface area contributed by atoms with Crippen molar-refractivity contribution in [1.29, 1.82) is 0 Å². The van der Waals surface area contributed by atoms with Crippen LogP contribution in [0, 0.1) is 23.7 Å². The van der Waals surface area contributed by atoms with Crippen LogP contribution in [0.25, 0.3) is 0 Å². The first kappa shape index (κ1) is 9.58. The Morgan fingerprint density at radius 1 is 1.31 bits per heavy atom. The molecule has 2 bridgehead atoms. The summed E-state index contributed by atoms with van der Waals surface area (Å²) in [6.07, 6.45) is 9.13. The van der Waals surface area contributed by atoms with Gasteiger partial charge in [-0.15, -0.1) is 0 Å². The van der Waals surface area contributed by atoms with Gasteiger partial charge in [-0.05, 0) is 42.9 Å². The number of aliphatic imine (C=N–C) groups is 1. The monoisotopic (exact) mass is 234 g/mol. The maximum Gasteiger partial charge on any atom is 0.156 e. The first-order valence-corrected chi connectivity index (χ1v) is 7.51. The summed E-state index contributed by atoms with van der Waals surface area (Å²) < 4.78 is 0. The predicted molar refractivity (Wildman–Crippen MR) is 68.6 cm³/mol. The third-order valence-electron chi connectivity index (χ3n) is 4.90. The molecule has 86 valence electrons. The van der Waals surface area contributed by atoms with E-state index in [-0.39, 0.29) is 0 Å². The van der Waals surface area contributed by atoms with Gasteiger partial charge in [0.1, 0.15) is 0 Å². The van der Waals surface area contributed by atoms with Gasteiger partial charge in [-0.25, -0.2) is 0 Å². The summed E-state index contributed by atoms with van der Waals surface area (Å²) in [5.41, 5.74) is 0. The van der Waals surface area contributed by atoms with Crippen LogP contribution in [0.1, 0.15) is 19.3 Å². The van der Waals surface area contributed by atoms with Crippen molar-refractivity contribution in [1.82, 2.24) is 5.32 Å². The molecule has 16 heavy (non-hydrogen) atoms. The molecule has 0 aromatic heterocycles. The van der Waals surface area contributed by atoms with Crippen molar-refractivity contribution in [3.63, 3.8) is 0 Å². The molecule has 4 aliphatic rings. The van der Waals surface area contributed by atoms with Crippen molar-refractivity contribution in [3.8, 4) is 0 Å². The molecule has 0 aromatic carbocycles. The molecule has 1 heterocycles. The highest BCUT2D eigenvalue weighted by molar-refractivity contribution is 8.14. The van der Waals surface area contributed by atoms with Crippen LogP contribution in [0.5, 0.6) is 0 Å². The largest absolute Gasteiger partial charge is 0.362 e. The second-order valence-corrected chi connectivity index (χ2v) is 6.67. The number of hydrogen-bond donors (Lipinski definition) is 1. The summed E-state index contributed by atoms with van der Waals surface area (Å²) in [4.78, 5) is 4.52. The van der Waals surface area contributed by atoms with Gasteiger partial charge >= 0.3 is 0 Å². The maximum atomic E-state index is 4.52. The molecule has 0 radical (unpaired) electrons. The zero-order chi connectivity index (χ0) is 10.5. The topological polar surface area (TPSA) is 24.4 Å². The SMILES string of the molecule is C1=C[C@@H]2[C@H]3C[C@H](C[C@H]3NC3=NCCS3)[C@@H]2C1. The van der Waals surface area contributed by atoms with E-state index in [1.165, 1.54) is 30.2 Å². The smallest absolute Gasteiger partial charge is 0.156 e. The van der Waals surface area contributed by atoms with E-state index in [9.17, 15) is 0 Å². The fourth-order valence-corrected chi connectivity index (χ4v) is 5.09. The quantitative estimate of drug-likeness (QED) is 0.704. The summed E-state index contributed by atoms with van der Waals surface area (Å²) in [6.45, 7) is 1.01. The first-order valence-electron chi connectivity index (χ1n) is 6.52. The molecule has 1 N–H and O–H groups in total. The molecular weight excluding hydrogens is 216 g/mol. The van der Waals surface area contributed by atoms with Crippen LogP contribution in [0.15, 0.2) is 17.1 Å². The van der Waals surface area contributed by atoms with Crippen molar-refractivity contribution in [2.24, 2.45) is 28.7 Å². The first-order chi connectivity index (χ1) is 7.92. The van der Waals surface area contributed by atoms with Gasteiger partial charge in [-0.1, -0.05) is 23.9 Å². The predicted octanol–water partition coefficient (Wildman–Crippen LogP) is 2.28. The number of hydrogen-bond acceptors (Lipinski definition) is 3. The molecule has 3 heteroatoms. The van der Waals surface area contributed by atoms with E-state index in [0.29, 0.717) is 0 Å². The van der Waals surface area contributed by atoms with Crippen molar-refractivity contribution >= 4 is 16.9 Å². The van der Waals surface area contributed by atoms with Crippen LogP contribution < -0.4 is 5.32 Å². The standard InChI is InChI=1S/C13H18N2S/c1-2-9-8-6-11(10(9)3-1)12(7-8)15-13-14-4-5-16-13/h1,3,8-12H,2,4-7H2,(H,14,15)/t8-,9+,10+,11-,12-/m1/s1. The molecule has 0 unspecified atom stereocenters. The van der Waals surface area contributed by atoms with Gasteiger partial charge in [-0.2, -0.15) is 0 Å². The normalized spacial score (nSPS) is 48.5. The van der Waals surface area contributed by atoms with Crippen LogP contribution >= 0.6 is 11.8 Å². The van der Waals surface area contributed by atoms with Crippen molar-refractivity contribution in [2.75, 3.05) is 12.3 Å². The Kier molecular flexibility index (Phi) is 2.11. The Hall–Kier alpha value is -0.440. The van der Waals surface area contributed by atoms with Crippen molar-refractivity contribution < 1.29 is 0 Å². The van der Waals surface area contributed by atoms with Gasteiger partial charge in [0.05, 0.1) is 6.54 Å². The van der Waals surface area contributed by atoms with E-state index in [1.54, 1.807) is 0 Å². The lowest BCUT2D eigenvalue weighted by Crippen LogP contribution is -2.41. The van der Waals surface area contributed by atoms with Gasteiger partial charge in [0.15, 0.2) is 5.17 Å². The number of thioether (sulfide) groups is 1. The minimum atomic E-state index is 0.721. The Labute approximate surface area is 101 Å². The van der Waals surface area contributed by atoms with Gasteiger partial charge in [0, 0.05) is 11.8 Å². The third kappa shape index (κ3) is 1.30. The Morgan fingerprint density at radius 3 is 3.19 bits per heavy atom. The molecular formula is C13H18N2S. The lowest BCUT2D eigenvalue weighted by molar-refractivity contribution is 0.247. The number of rotatable bonds is 1. The second-order valence-electron chi connectivity index (χ2n) is 5.59. The molecule has 5 atom stereocenters. The average Bonchev–Trinajstić information content (AvgIpc) is 2.99. The zero-order valence-corrected chi connectivity index (χ0v) is 10.2. The number of amidine groups is 1. The highest BCUT2D eigenvalue weighted by Crippen LogP contribution is 2.56. The number of nitrogens with one attached hydrogen (secondary N) is 1. The molecule has 0 aromatic rings. The summed E-state index contributed by atoms with van der Waals surface area (Å²) in [5, 5.41) is 4.92. The Bertz CT molecular complexity index is 363. The van der Waals surface area contributed by atoms with Crippen LogP contribution in [-0.2, 0) is 0 Å². The fourth-order valence-electron chi connectivity index (χ4n) is 4.29. The van der Waals surface area contributed by atoms with Gasteiger partial charge in [0.25, 0.3) is 0 Å². The van der Waals surface area contributed by atoms with E-state index in [1.807, 2.05) is 11.8 Å². The Morgan fingerprint density at radius 2 is 2.31 bits per heavy atom. The van der Waals surface area contributed by atoms with Crippen molar-refractivity contribution in [3.05, 3.63) is 12.2 Å². The molecule has 4 rings (SSSR count). The third-order valence-corrected chi connectivity index (χ3v) is 5.81. The average molecular weight is 234 g/mol. The Balaban J connectivity index is 1.49. The number of fused-ring (bicyclic) bond motifs is 5. The van der Waals surface area contributed by atoms with E-state index < -0.39 is 0 Å². The van der Waals surface area contributed by atoms with Crippen LogP contribution in [0.4, 0.5) is 0 Å². The summed E-state index contributed by atoms with van der Waals surface area (Å²) >= 11 is 1.90. The van der Waals surface area contributed by atoms with E-state index >= 15 is 0 Å². The van der Waals surface area contributed by atoms with Crippen LogP contribution in [0.2, 0.25) is 0 Å². The molecule has 0 saturated heterocycles. The van der Waals surface area contributed by atoms with Gasteiger partial charge in [-0.3, -0.25) is 4.99 Å². The molecule has 2 saturated carbocycles. The van der Waals surface area contributed by atoms with Crippen molar-refractivity contribution in [2.45, 2.75) is 25.3 Å². The maximum absolute atomic E-state index is 4.52. The zero-order valence-electron chi connectivity index (χ0n) is 9.43. The highest BCUT2D eigenvalue weighted by Gasteiger charge is 2.52.